The number of rotatable bonds is 8. The second-order valence-electron chi connectivity index (χ2n) is 10.1. The lowest BCUT2D eigenvalue weighted by atomic mass is 10.1. The van der Waals surface area contributed by atoms with Gasteiger partial charge in [-0.05, 0) is 56.4 Å². The number of hydrogen-bond donors (Lipinski definition) is 1. The van der Waals surface area contributed by atoms with Gasteiger partial charge in [0.05, 0.1) is 25.6 Å². The minimum Gasteiger partial charge on any atom is -0.497 e. The molecule has 0 spiro atoms. The lowest BCUT2D eigenvalue weighted by Gasteiger charge is -2.39. The maximum Gasteiger partial charge on any atom is 0.425 e. The van der Waals surface area contributed by atoms with Gasteiger partial charge in [0.2, 0.25) is 11.7 Å². The number of nitrogens with one attached hydrogen (secondary N) is 1. The quantitative estimate of drug-likeness (QED) is 0.254. The van der Waals surface area contributed by atoms with Crippen LogP contribution in [0.4, 0.5) is 46.8 Å². The summed E-state index contributed by atoms with van der Waals surface area (Å²) < 4.78 is 59.9. The molecule has 4 aromatic rings. The van der Waals surface area contributed by atoms with Crippen LogP contribution in [0.15, 0.2) is 66.9 Å². The number of para-hydroxylation sites is 1. The summed E-state index contributed by atoms with van der Waals surface area (Å²) in [5.74, 6) is -2.83. The molecule has 230 valence electrons. The van der Waals surface area contributed by atoms with Crippen LogP contribution in [0.1, 0.15) is 6.92 Å². The van der Waals surface area contributed by atoms with Gasteiger partial charge in [-0.15, -0.1) is 0 Å². The van der Waals surface area contributed by atoms with Gasteiger partial charge in [0.1, 0.15) is 23.1 Å². The molecule has 5 rings (SSSR count). The third-order valence-electron chi connectivity index (χ3n) is 7.29. The fourth-order valence-corrected chi connectivity index (χ4v) is 4.77. The highest BCUT2D eigenvalue weighted by molar-refractivity contribution is 5.98. The number of benzene rings is 3. The Morgan fingerprint density at radius 3 is 2.43 bits per heavy atom. The summed E-state index contributed by atoms with van der Waals surface area (Å²) in [7, 11) is 4.89. The van der Waals surface area contributed by atoms with Crippen LogP contribution in [0.5, 0.6) is 17.2 Å². The summed E-state index contributed by atoms with van der Waals surface area (Å²) in [6, 6.07) is 14.1. The minimum absolute atomic E-state index is 0.0187. The third-order valence-corrected chi connectivity index (χ3v) is 7.29. The molecule has 1 atom stereocenters. The van der Waals surface area contributed by atoms with Gasteiger partial charge in [0.15, 0.2) is 11.6 Å². The maximum atomic E-state index is 15.2. The molecule has 0 radical (unpaired) electrons. The number of aromatic nitrogens is 2. The van der Waals surface area contributed by atoms with Crippen LogP contribution in [0.3, 0.4) is 0 Å². The largest absolute Gasteiger partial charge is 0.497 e. The van der Waals surface area contributed by atoms with E-state index in [0.717, 1.165) is 29.6 Å². The lowest BCUT2D eigenvalue weighted by molar-refractivity contribution is 0.205. The summed E-state index contributed by atoms with van der Waals surface area (Å²) in [6.45, 7) is 4.32. The molecular formula is C31H31F3N6O4. The molecule has 3 aromatic carbocycles. The normalized spacial score (nSPS) is 15.1. The summed E-state index contributed by atoms with van der Waals surface area (Å²) in [4.78, 5) is 27.4. The van der Waals surface area contributed by atoms with Crippen LogP contribution in [0.25, 0.3) is 0 Å². The Morgan fingerprint density at radius 1 is 0.977 bits per heavy atom. The number of hydrogen-bond acceptors (Lipinski definition) is 9. The molecule has 1 aliphatic heterocycles. The SMILES string of the molecule is COc1ccc(N(C(=O)Oc2c(F)cccc2F)c2ccnc(Nc3ccc(N4CCN(C)C(C)C4)c(F)c3)n2)c(OC)c1. The molecule has 13 heteroatoms. The third kappa shape index (κ3) is 6.47. The zero-order chi connectivity index (χ0) is 31.4. The van der Waals surface area contributed by atoms with Crippen LogP contribution < -0.4 is 29.3 Å². The summed E-state index contributed by atoms with van der Waals surface area (Å²) >= 11 is 0. The Balaban J connectivity index is 1.46. The predicted octanol–water partition coefficient (Wildman–Crippen LogP) is 6.13. The Bertz CT molecular complexity index is 1640. The van der Waals surface area contributed by atoms with Crippen molar-refractivity contribution in [2.75, 3.05) is 56.0 Å². The standard InChI is InChI=1S/C31H31F3N6O4/c1-19-18-39(15-14-38(19)2)25-10-8-20(16-24(25)34)36-30-35-13-12-28(37-30)40(26-11-9-21(42-3)17-27(26)43-4)31(41)44-29-22(32)6-5-7-23(29)33/h5-13,16-17,19H,14-15,18H2,1-4H3,(H,35,36,37). The molecule has 1 aliphatic rings. The number of anilines is 5. The van der Waals surface area contributed by atoms with E-state index in [1.807, 2.05) is 11.9 Å². The van der Waals surface area contributed by atoms with Gasteiger partial charge in [0, 0.05) is 49.7 Å². The average molecular weight is 609 g/mol. The Labute approximate surface area is 252 Å². The minimum atomic E-state index is -1.18. The number of halogens is 3. The van der Waals surface area contributed by atoms with Gasteiger partial charge in [-0.1, -0.05) is 6.07 Å². The number of methoxy groups -OCH3 is 2. The van der Waals surface area contributed by atoms with E-state index in [4.69, 9.17) is 14.2 Å². The molecule has 0 bridgehead atoms. The van der Waals surface area contributed by atoms with Gasteiger partial charge in [-0.2, -0.15) is 4.98 Å². The second kappa shape index (κ2) is 13.1. The summed E-state index contributed by atoms with van der Waals surface area (Å²) in [6.07, 6.45) is 0.181. The number of nitrogens with zero attached hydrogens (tertiary/aromatic N) is 5. The van der Waals surface area contributed by atoms with Crippen molar-refractivity contribution < 1.29 is 32.2 Å². The van der Waals surface area contributed by atoms with Crippen molar-refractivity contribution >= 4 is 34.9 Å². The summed E-state index contributed by atoms with van der Waals surface area (Å²) in [5, 5.41) is 2.95. The molecule has 1 unspecified atom stereocenters. The van der Waals surface area contributed by atoms with E-state index in [-0.39, 0.29) is 29.2 Å². The zero-order valence-corrected chi connectivity index (χ0v) is 24.6. The van der Waals surface area contributed by atoms with Crippen molar-refractivity contribution in [2.24, 2.45) is 0 Å². The smallest absolute Gasteiger partial charge is 0.425 e. The first-order valence-corrected chi connectivity index (χ1v) is 13.7. The molecule has 10 nitrogen and oxygen atoms in total. The van der Waals surface area contributed by atoms with Gasteiger partial charge >= 0.3 is 6.09 Å². The number of carbonyl (C=O) groups excluding carboxylic acids is 1. The highest BCUT2D eigenvalue weighted by atomic mass is 19.1. The van der Waals surface area contributed by atoms with Crippen molar-refractivity contribution in [3.05, 3.63) is 84.3 Å². The predicted molar refractivity (Wildman–Crippen MR) is 160 cm³/mol. The van der Waals surface area contributed by atoms with E-state index in [1.54, 1.807) is 18.2 Å². The van der Waals surface area contributed by atoms with E-state index in [0.29, 0.717) is 30.2 Å². The van der Waals surface area contributed by atoms with Crippen molar-refractivity contribution in [3.63, 3.8) is 0 Å². The van der Waals surface area contributed by atoms with Crippen LogP contribution in [0, 0.1) is 17.5 Å². The van der Waals surface area contributed by atoms with Crippen LogP contribution in [-0.4, -0.2) is 67.9 Å². The number of piperazine rings is 1. The first kappa shape index (κ1) is 30.4. The molecule has 1 fully saturated rings. The lowest BCUT2D eigenvalue weighted by Crippen LogP contribution is -2.50. The fourth-order valence-electron chi connectivity index (χ4n) is 4.77. The van der Waals surface area contributed by atoms with Crippen molar-refractivity contribution in [1.82, 2.24) is 14.9 Å². The van der Waals surface area contributed by atoms with Crippen molar-refractivity contribution in [2.45, 2.75) is 13.0 Å². The average Bonchev–Trinajstić information content (AvgIpc) is 3.01. The Morgan fingerprint density at radius 2 is 1.75 bits per heavy atom. The Kier molecular flexibility index (Phi) is 9.04. The molecule has 1 aromatic heterocycles. The first-order chi connectivity index (χ1) is 21.2. The maximum absolute atomic E-state index is 15.2. The monoisotopic (exact) mass is 608 g/mol. The van der Waals surface area contributed by atoms with Gasteiger partial charge < -0.3 is 29.3 Å². The highest BCUT2D eigenvalue weighted by Crippen LogP contribution is 2.37. The molecule has 2 heterocycles. The first-order valence-electron chi connectivity index (χ1n) is 13.7. The van der Waals surface area contributed by atoms with Crippen LogP contribution in [-0.2, 0) is 0 Å². The second-order valence-corrected chi connectivity index (χ2v) is 10.1. The number of ether oxygens (including phenoxy) is 3. The molecule has 1 N–H and O–H groups in total. The molecule has 1 saturated heterocycles. The van der Waals surface area contributed by atoms with E-state index in [2.05, 4.69) is 27.1 Å². The molecule has 0 saturated carbocycles. The van der Waals surface area contributed by atoms with Gasteiger partial charge in [-0.3, -0.25) is 0 Å². The van der Waals surface area contributed by atoms with Crippen molar-refractivity contribution in [1.29, 1.82) is 0 Å². The topological polar surface area (TPSA) is 92.3 Å². The molecular weight excluding hydrogens is 577 g/mol. The number of amides is 1. The van der Waals surface area contributed by atoms with Crippen LogP contribution in [0.2, 0.25) is 0 Å². The van der Waals surface area contributed by atoms with E-state index < -0.39 is 29.3 Å². The van der Waals surface area contributed by atoms with Gasteiger partial charge in [-0.25, -0.2) is 27.8 Å². The number of likely N-dealkylation sites (N-methyl/N-ethyl adjacent to an activating group) is 1. The zero-order valence-electron chi connectivity index (χ0n) is 24.6. The molecule has 44 heavy (non-hydrogen) atoms. The van der Waals surface area contributed by atoms with Crippen LogP contribution >= 0.6 is 0 Å². The van der Waals surface area contributed by atoms with E-state index in [9.17, 15) is 13.6 Å². The highest BCUT2D eigenvalue weighted by Gasteiger charge is 2.28. The van der Waals surface area contributed by atoms with Gasteiger partial charge in [0.25, 0.3) is 0 Å². The molecule has 0 aliphatic carbocycles. The molecule has 1 amide bonds. The Hall–Kier alpha value is -5.04. The van der Waals surface area contributed by atoms with E-state index >= 15 is 4.39 Å². The van der Waals surface area contributed by atoms with Crippen molar-refractivity contribution in [3.8, 4) is 17.2 Å². The number of carbonyl (C=O) groups is 1. The van der Waals surface area contributed by atoms with E-state index in [1.165, 1.54) is 44.7 Å². The fraction of sp³-hybridized carbons (Fsp3) is 0.258. The summed E-state index contributed by atoms with van der Waals surface area (Å²) in [5.41, 5.74) is 0.998.